The quantitative estimate of drug-likeness (QED) is 0.402. The van der Waals surface area contributed by atoms with Crippen molar-refractivity contribution in [3.8, 4) is 0 Å². The molecule has 2 N–H and O–H groups in total. The van der Waals surface area contributed by atoms with E-state index in [9.17, 15) is 31.1 Å². The molecule has 10 heteroatoms. The molecule has 186 valence electrons. The van der Waals surface area contributed by atoms with Crippen LogP contribution >= 0.6 is 0 Å². The maximum absolute atomic E-state index is 13.9. The summed E-state index contributed by atoms with van der Waals surface area (Å²) in [5.41, 5.74) is 0.477. The van der Waals surface area contributed by atoms with Crippen LogP contribution < -0.4 is 10.6 Å². The third-order valence-corrected chi connectivity index (χ3v) is 5.52. The second kappa shape index (κ2) is 10.9. The van der Waals surface area contributed by atoms with Gasteiger partial charge in [-0.2, -0.15) is 13.2 Å². The Balaban J connectivity index is 1.92. The van der Waals surface area contributed by atoms with E-state index in [2.05, 4.69) is 15.6 Å². The average Bonchev–Trinajstić information content (AvgIpc) is 2.79. The Morgan fingerprint density at radius 3 is 2.20 bits per heavy atom. The number of hydrogen-bond donors (Lipinski definition) is 2. The first-order chi connectivity index (χ1) is 16.5. The molecule has 0 saturated heterocycles. The fourth-order valence-electron chi connectivity index (χ4n) is 3.69. The van der Waals surface area contributed by atoms with Crippen LogP contribution in [0.4, 0.5) is 26.3 Å². The maximum atomic E-state index is 13.9. The minimum Gasteiger partial charge on any atom is -0.358 e. The molecule has 1 aromatic heterocycles. The molecule has 1 amide bonds. The van der Waals surface area contributed by atoms with Crippen molar-refractivity contribution >= 4 is 5.91 Å². The van der Waals surface area contributed by atoms with Gasteiger partial charge in [0.05, 0.1) is 0 Å². The lowest BCUT2D eigenvalue weighted by Crippen LogP contribution is -2.38. The van der Waals surface area contributed by atoms with E-state index in [0.29, 0.717) is 22.8 Å². The maximum Gasteiger partial charge on any atom is 0.433 e. The van der Waals surface area contributed by atoms with Crippen LogP contribution in [-0.2, 0) is 17.4 Å². The number of aromatic nitrogens is 1. The summed E-state index contributed by atoms with van der Waals surface area (Å²) in [5.74, 6) is -2.72. The summed E-state index contributed by atoms with van der Waals surface area (Å²) < 4.78 is 80.0. The zero-order chi connectivity index (χ0) is 25.8. The molecular formula is C25H23F6N3O. The van der Waals surface area contributed by atoms with Crippen LogP contribution in [0.25, 0.3) is 0 Å². The Kier molecular flexibility index (Phi) is 8.16. The first-order valence-electron chi connectivity index (χ1n) is 10.7. The highest BCUT2D eigenvalue weighted by Crippen LogP contribution is 2.29. The summed E-state index contributed by atoms with van der Waals surface area (Å²) in [6.07, 6.45) is -2.91. The predicted molar refractivity (Wildman–Crippen MR) is 118 cm³/mol. The number of nitrogens with one attached hydrogen (secondary N) is 2. The number of halogens is 6. The largest absolute Gasteiger partial charge is 0.433 e. The first-order valence-corrected chi connectivity index (χ1v) is 10.7. The van der Waals surface area contributed by atoms with Crippen LogP contribution in [0, 0.1) is 24.4 Å². The second-order valence-electron chi connectivity index (χ2n) is 8.07. The van der Waals surface area contributed by atoms with Crippen molar-refractivity contribution in [2.75, 3.05) is 7.05 Å². The third kappa shape index (κ3) is 6.82. The molecular weight excluding hydrogens is 472 g/mol. The van der Waals surface area contributed by atoms with Gasteiger partial charge in [0.25, 0.3) is 0 Å². The number of amides is 1. The van der Waals surface area contributed by atoms with E-state index in [1.165, 1.54) is 25.2 Å². The number of alkyl halides is 3. The first kappa shape index (κ1) is 26.2. The molecule has 2 aromatic carbocycles. The van der Waals surface area contributed by atoms with Gasteiger partial charge in [0.2, 0.25) is 5.91 Å². The van der Waals surface area contributed by atoms with Gasteiger partial charge in [0.15, 0.2) is 0 Å². The molecule has 3 aromatic rings. The predicted octanol–water partition coefficient (Wildman–Crippen LogP) is 5.58. The van der Waals surface area contributed by atoms with Crippen molar-refractivity contribution in [2.45, 2.75) is 38.0 Å². The van der Waals surface area contributed by atoms with Crippen molar-refractivity contribution in [1.82, 2.24) is 15.6 Å². The lowest BCUT2D eigenvalue weighted by molar-refractivity contribution is -0.141. The summed E-state index contributed by atoms with van der Waals surface area (Å²) in [4.78, 5) is 16.1. The smallest absolute Gasteiger partial charge is 0.358 e. The molecule has 0 bridgehead atoms. The van der Waals surface area contributed by atoms with Gasteiger partial charge in [0, 0.05) is 25.4 Å². The minimum atomic E-state index is -4.56. The zero-order valence-electron chi connectivity index (χ0n) is 18.9. The van der Waals surface area contributed by atoms with E-state index in [-0.39, 0.29) is 18.4 Å². The molecule has 3 rings (SSSR count). The van der Waals surface area contributed by atoms with Crippen molar-refractivity contribution in [2.24, 2.45) is 0 Å². The lowest BCUT2D eigenvalue weighted by Gasteiger charge is -2.26. The van der Waals surface area contributed by atoms with Crippen LogP contribution in [0.15, 0.2) is 54.7 Å². The van der Waals surface area contributed by atoms with E-state index < -0.39 is 47.3 Å². The van der Waals surface area contributed by atoms with E-state index in [1.807, 2.05) is 0 Å². The van der Waals surface area contributed by atoms with Gasteiger partial charge >= 0.3 is 6.18 Å². The van der Waals surface area contributed by atoms with E-state index in [0.717, 1.165) is 24.4 Å². The number of carbonyl (C=O) groups excluding carboxylic acids is 1. The molecule has 0 aliphatic heterocycles. The Bertz CT molecular complexity index is 1160. The van der Waals surface area contributed by atoms with Crippen molar-refractivity contribution in [3.05, 3.63) is 100 Å². The topological polar surface area (TPSA) is 54.0 Å². The lowest BCUT2D eigenvalue weighted by atomic mass is 9.95. The Morgan fingerprint density at radius 2 is 1.66 bits per heavy atom. The van der Waals surface area contributed by atoms with Crippen LogP contribution in [0.3, 0.4) is 0 Å². The Labute approximate surface area is 198 Å². The third-order valence-electron chi connectivity index (χ3n) is 5.52. The fourth-order valence-corrected chi connectivity index (χ4v) is 3.69. The SMILES string of the molecule is CNC(=O)[C@@H](N[C@H](CCc1ccc(C(F)(F)F)nc1)c1ccc(F)c(C)c1)c1cc(F)cc(F)c1. The number of pyridine rings is 1. The number of aryl methyl sites for hydroxylation is 2. The summed E-state index contributed by atoms with van der Waals surface area (Å²) in [6, 6.07) is 7.49. The number of rotatable bonds is 8. The standard InChI is InChI=1S/C25H23F6N3O/c1-14-9-16(5-6-20(14)28)21(7-3-15-4-8-22(33-13-15)25(29,30)31)34-23(24(35)32-2)17-10-18(26)12-19(27)11-17/h4-6,8-13,21,23,34H,3,7H2,1-2H3,(H,32,35)/t21-,23+/m1/s1. The minimum absolute atomic E-state index is 0.0434. The molecule has 0 saturated carbocycles. The van der Waals surface area contributed by atoms with E-state index >= 15 is 0 Å². The van der Waals surface area contributed by atoms with Gasteiger partial charge in [-0.1, -0.05) is 18.2 Å². The summed E-state index contributed by atoms with van der Waals surface area (Å²) in [6.45, 7) is 1.56. The van der Waals surface area contributed by atoms with Crippen molar-refractivity contribution < 1.29 is 31.1 Å². The normalized spacial score (nSPS) is 13.4. The number of likely N-dealkylation sites (N-methyl/N-ethyl adjacent to an activating group) is 1. The van der Waals surface area contributed by atoms with Gasteiger partial charge < -0.3 is 5.32 Å². The average molecular weight is 495 g/mol. The van der Waals surface area contributed by atoms with Crippen molar-refractivity contribution in [3.63, 3.8) is 0 Å². The summed E-state index contributed by atoms with van der Waals surface area (Å²) in [5, 5.41) is 5.53. The van der Waals surface area contributed by atoms with Crippen molar-refractivity contribution in [1.29, 1.82) is 0 Å². The van der Waals surface area contributed by atoms with Gasteiger partial charge in [-0.05, 0) is 66.3 Å². The molecule has 0 radical (unpaired) electrons. The number of hydrogen-bond acceptors (Lipinski definition) is 3. The molecule has 0 aliphatic rings. The van der Waals surface area contributed by atoms with Crippen LogP contribution in [0.5, 0.6) is 0 Å². The molecule has 0 unspecified atom stereocenters. The molecule has 1 heterocycles. The highest BCUT2D eigenvalue weighted by atomic mass is 19.4. The molecule has 35 heavy (non-hydrogen) atoms. The molecule has 0 aliphatic carbocycles. The molecule has 2 atom stereocenters. The monoisotopic (exact) mass is 495 g/mol. The molecule has 0 fully saturated rings. The Hall–Kier alpha value is -3.40. The van der Waals surface area contributed by atoms with Crippen LogP contribution in [0.1, 0.15) is 46.5 Å². The summed E-state index contributed by atoms with van der Waals surface area (Å²) >= 11 is 0. The fraction of sp³-hybridized carbons (Fsp3) is 0.280. The number of nitrogens with zero attached hydrogens (tertiary/aromatic N) is 1. The second-order valence-corrected chi connectivity index (χ2v) is 8.07. The number of benzene rings is 2. The van der Waals surface area contributed by atoms with Gasteiger partial charge in [-0.15, -0.1) is 0 Å². The van der Waals surface area contributed by atoms with Gasteiger partial charge in [-0.3, -0.25) is 15.1 Å². The molecule has 0 spiro atoms. The van der Waals surface area contributed by atoms with E-state index in [1.54, 1.807) is 13.0 Å². The Morgan fingerprint density at radius 1 is 0.971 bits per heavy atom. The van der Waals surface area contributed by atoms with Crippen LogP contribution in [-0.4, -0.2) is 17.9 Å². The number of carbonyl (C=O) groups is 1. The molecule has 4 nitrogen and oxygen atoms in total. The van der Waals surface area contributed by atoms with Gasteiger partial charge in [-0.25, -0.2) is 13.2 Å². The van der Waals surface area contributed by atoms with Crippen LogP contribution in [0.2, 0.25) is 0 Å². The summed E-state index contributed by atoms with van der Waals surface area (Å²) in [7, 11) is 1.37. The van der Waals surface area contributed by atoms with Gasteiger partial charge in [0.1, 0.15) is 29.2 Å². The zero-order valence-corrected chi connectivity index (χ0v) is 18.9. The highest BCUT2D eigenvalue weighted by molar-refractivity contribution is 5.83. The van der Waals surface area contributed by atoms with E-state index in [4.69, 9.17) is 0 Å². The highest BCUT2D eigenvalue weighted by Gasteiger charge is 2.32.